The SMILES string of the molecule is O=C1C[C@@](C(=O)NCCN2CCOCC2)(c2ccc([N+](=O)[O-])cc2)[C@@H](c2ccc(CO)cc2I)N1CC12CC3CC(CC(C3)C1)C2. The van der Waals surface area contributed by atoms with Gasteiger partial charge in [0.1, 0.15) is 5.41 Å². The van der Waals surface area contributed by atoms with Crippen LogP contribution in [0.15, 0.2) is 42.5 Å². The number of carbonyl (C=O) groups is 2. The van der Waals surface area contributed by atoms with Gasteiger partial charge >= 0.3 is 0 Å². The van der Waals surface area contributed by atoms with Crippen molar-refractivity contribution in [3.63, 3.8) is 0 Å². The standard InChI is InChI=1S/C35H43IN4O6/c36-30-16-23(21-41)1-6-29(30)32-35(27-2-4-28(5-3-27)40(44)45,33(43)37-7-8-38-9-11-46-12-10-38)20-31(42)39(32)22-34-17-24-13-25(18-34)15-26(14-24)19-34/h1-6,16,24-26,32,41H,7-15,17-22H2,(H,37,43)/t24?,25?,26?,32-,34?,35-/m1/s1. The summed E-state index contributed by atoms with van der Waals surface area (Å²) in [5, 5.41) is 24.7. The zero-order chi connectivity index (χ0) is 32.1. The number of nitro benzene ring substituents is 1. The van der Waals surface area contributed by atoms with E-state index in [1.807, 2.05) is 23.1 Å². The number of hydrogen-bond acceptors (Lipinski definition) is 7. The minimum Gasteiger partial charge on any atom is -0.392 e. The number of nitrogens with zero attached hydrogens (tertiary/aromatic N) is 3. The van der Waals surface area contributed by atoms with Crippen molar-refractivity contribution in [3.05, 3.63) is 72.8 Å². The topological polar surface area (TPSA) is 125 Å². The maximum Gasteiger partial charge on any atom is 0.269 e. The number of nitrogens with one attached hydrogen (secondary N) is 1. The molecular weight excluding hydrogens is 699 g/mol. The van der Waals surface area contributed by atoms with Gasteiger partial charge in [0.2, 0.25) is 11.8 Å². The van der Waals surface area contributed by atoms with Crippen molar-refractivity contribution in [2.45, 2.75) is 63.0 Å². The van der Waals surface area contributed by atoms with E-state index in [1.54, 1.807) is 12.1 Å². The third-order valence-electron chi connectivity index (χ3n) is 11.6. The molecule has 2 amide bonds. The molecule has 4 bridgehead atoms. The van der Waals surface area contributed by atoms with E-state index in [0.717, 1.165) is 47.0 Å². The first-order valence-corrected chi connectivity index (χ1v) is 17.8. The second kappa shape index (κ2) is 12.8. The zero-order valence-corrected chi connectivity index (χ0v) is 28.3. The van der Waals surface area contributed by atoms with Crippen molar-refractivity contribution in [3.8, 4) is 0 Å². The molecule has 4 aliphatic carbocycles. The Bertz CT molecular complexity index is 1460. The van der Waals surface area contributed by atoms with Crippen LogP contribution in [0.1, 0.15) is 67.7 Å². The summed E-state index contributed by atoms with van der Waals surface area (Å²) in [5.74, 6) is 1.87. The lowest BCUT2D eigenvalue weighted by Crippen LogP contribution is -2.54. The van der Waals surface area contributed by atoms with Crippen LogP contribution in [0.25, 0.3) is 0 Å². The molecule has 4 saturated carbocycles. The highest BCUT2D eigenvalue weighted by atomic mass is 127. The first-order chi connectivity index (χ1) is 22.2. The van der Waals surface area contributed by atoms with Gasteiger partial charge in [-0.3, -0.25) is 24.6 Å². The van der Waals surface area contributed by atoms with E-state index < -0.39 is 16.4 Å². The molecule has 0 unspecified atom stereocenters. The molecule has 2 aromatic carbocycles. The third-order valence-corrected chi connectivity index (χ3v) is 12.5. The first-order valence-electron chi connectivity index (χ1n) is 16.7. The predicted molar refractivity (Wildman–Crippen MR) is 180 cm³/mol. The van der Waals surface area contributed by atoms with Gasteiger partial charge in [0.05, 0.1) is 30.8 Å². The van der Waals surface area contributed by atoms with E-state index in [9.17, 15) is 24.8 Å². The summed E-state index contributed by atoms with van der Waals surface area (Å²) in [7, 11) is 0. The Morgan fingerprint density at radius 2 is 1.70 bits per heavy atom. The summed E-state index contributed by atoms with van der Waals surface area (Å²) in [4.78, 5) is 44.7. The van der Waals surface area contributed by atoms with Gasteiger partial charge < -0.3 is 20.1 Å². The fourth-order valence-electron chi connectivity index (χ4n) is 9.98. The van der Waals surface area contributed by atoms with E-state index >= 15 is 0 Å². The lowest BCUT2D eigenvalue weighted by Gasteiger charge is -2.58. The maximum absolute atomic E-state index is 14.8. The fraction of sp³-hybridized carbons (Fsp3) is 0.600. The Kier molecular flexibility index (Phi) is 8.88. The molecule has 2 saturated heterocycles. The van der Waals surface area contributed by atoms with Crippen LogP contribution >= 0.6 is 22.6 Å². The molecule has 2 N–H and O–H groups in total. The van der Waals surface area contributed by atoms with Crippen LogP contribution in [-0.4, -0.2) is 77.6 Å². The number of amides is 2. The van der Waals surface area contributed by atoms with Gasteiger partial charge in [-0.15, -0.1) is 0 Å². The Morgan fingerprint density at radius 3 is 2.28 bits per heavy atom. The summed E-state index contributed by atoms with van der Waals surface area (Å²) < 4.78 is 6.37. The van der Waals surface area contributed by atoms with Gasteiger partial charge in [0.15, 0.2) is 0 Å². The van der Waals surface area contributed by atoms with Crippen molar-refractivity contribution in [2.75, 3.05) is 45.9 Å². The molecule has 10 nitrogen and oxygen atoms in total. The van der Waals surface area contributed by atoms with Crippen LogP contribution in [0, 0.1) is 36.9 Å². The third kappa shape index (κ3) is 5.85. The number of non-ortho nitro benzene ring substituents is 1. The van der Waals surface area contributed by atoms with E-state index in [4.69, 9.17) is 4.74 Å². The molecule has 6 aliphatic rings. The van der Waals surface area contributed by atoms with Crippen molar-refractivity contribution < 1.29 is 24.4 Å². The molecule has 2 aliphatic heterocycles. The minimum absolute atomic E-state index is 0.0109. The molecule has 2 aromatic rings. The Morgan fingerprint density at radius 1 is 1.04 bits per heavy atom. The number of benzene rings is 2. The Balaban J connectivity index is 1.30. The van der Waals surface area contributed by atoms with Crippen LogP contribution in [0.4, 0.5) is 5.69 Å². The highest BCUT2D eigenvalue weighted by Gasteiger charge is 2.61. The second-order valence-electron chi connectivity index (χ2n) is 14.5. The lowest BCUT2D eigenvalue weighted by atomic mass is 9.49. The summed E-state index contributed by atoms with van der Waals surface area (Å²) in [6.07, 6.45) is 7.29. The second-order valence-corrected chi connectivity index (χ2v) is 15.7. The van der Waals surface area contributed by atoms with Crippen LogP contribution in [0.2, 0.25) is 0 Å². The number of hydrogen-bond donors (Lipinski definition) is 2. The molecule has 0 spiro atoms. The van der Waals surface area contributed by atoms with Gasteiger partial charge in [-0.2, -0.15) is 0 Å². The van der Waals surface area contributed by atoms with E-state index in [0.29, 0.717) is 56.2 Å². The van der Waals surface area contributed by atoms with Crippen LogP contribution in [0.3, 0.4) is 0 Å². The smallest absolute Gasteiger partial charge is 0.269 e. The van der Waals surface area contributed by atoms with E-state index in [-0.39, 0.29) is 35.9 Å². The van der Waals surface area contributed by atoms with Crippen LogP contribution in [-0.2, 0) is 26.3 Å². The number of aliphatic hydroxyl groups excluding tert-OH is 1. The summed E-state index contributed by atoms with van der Waals surface area (Å²) >= 11 is 2.27. The molecular formula is C35H43IN4O6. The van der Waals surface area contributed by atoms with Gasteiger partial charge in [0.25, 0.3) is 5.69 Å². The molecule has 0 aromatic heterocycles. The summed E-state index contributed by atoms with van der Waals surface area (Å²) in [6, 6.07) is 11.4. The van der Waals surface area contributed by atoms with Crippen molar-refractivity contribution in [1.29, 1.82) is 0 Å². The number of aliphatic hydroxyl groups is 1. The number of carbonyl (C=O) groups excluding carboxylic acids is 2. The summed E-state index contributed by atoms with van der Waals surface area (Å²) in [5.41, 5.74) is 0.948. The van der Waals surface area contributed by atoms with Crippen LogP contribution in [0.5, 0.6) is 0 Å². The molecule has 8 rings (SSSR count). The normalized spacial score (nSPS) is 32.2. The largest absolute Gasteiger partial charge is 0.392 e. The Labute approximate surface area is 283 Å². The van der Waals surface area contributed by atoms with E-state index in [1.165, 1.54) is 31.4 Å². The number of halogens is 1. The minimum atomic E-state index is -1.29. The van der Waals surface area contributed by atoms with Crippen molar-refractivity contribution in [2.24, 2.45) is 23.2 Å². The molecule has 246 valence electrons. The number of ether oxygens (including phenoxy) is 1. The average molecular weight is 743 g/mol. The number of likely N-dealkylation sites (tertiary alicyclic amines) is 1. The molecule has 6 fully saturated rings. The lowest BCUT2D eigenvalue weighted by molar-refractivity contribution is -0.384. The maximum atomic E-state index is 14.8. The fourth-order valence-corrected chi connectivity index (χ4v) is 10.9. The average Bonchev–Trinajstić information content (AvgIpc) is 3.32. The first kappa shape index (κ1) is 32.0. The Hall–Kier alpha value is -2.61. The van der Waals surface area contributed by atoms with Gasteiger partial charge in [-0.1, -0.05) is 24.3 Å². The highest BCUT2D eigenvalue weighted by molar-refractivity contribution is 14.1. The number of rotatable bonds is 10. The molecule has 2 atom stereocenters. The molecule has 2 heterocycles. The monoisotopic (exact) mass is 742 g/mol. The number of nitro groups is 1. The molecule has 0 radical (unpaired) electrons. The van der Waals surface area contributed by atoms with Crippen LogP contribution < -0.4 is 5.32 Å². The van der Waals surface area contributed by atoms with E-state index in [2.05, 4.69) is 32.8 Å². The highest BCUT2D eigenvalue weighted by Crippen LogP contribution is 2.62. The van der Waals surface area contributed by atoms with Crippen molar-refractivity contribution in [1.82, 2.24) is 15.1 Å². The van der Waals surface area contributed by atoms with Crippen molar-refractivity contribution >= 4 is 40.1 Å². The van der Waals surface area contributed by atoms with Gasteiger partial charge in [-0.25, -0.2) is 0 Å². The zero-order valence-electron chi connectivity index (χ0n) is 26.2. The quantitative estimate of drug-likeness (QED) is 0.208. The predicted octanol–water partition coefficient (Wildman–Crippen LogP) is 4.57. The summed E-state index contributed by atoms with van der Waals surface area (Å²) in [6.45, 7) is 4.54. The van der Waals surface area contributed by atoms with Gasteiger partial charge in [0, 0.05) is 54.8 Å². The number of morpholine rings is 1. The molecule has 11 heteroatoms. The van der Waals surface area contributed by atoms with Gasteiger partial charge in [-0.05, 0) is 107 Å². The molecule has 46 heavy (non-hydrogen) atoms.